The summed E-state index contributed by atoms with van der Waals surface area (Å²) in [5.41, 5.74) is 0. The van der Waals surface area contributed by atoms with Gasteiger partial charge in [0.1, 0.15) is 12.6 Å². The molecule has 2 rings (SSSR count). The van der Waals surface area contributed by atoms with Gasteiger partial charge in [0.15, 0.2) is 0 Å². The Morgan fingerprint density at radius 1 is 1.36 bits per heavy atom. The minimum atomic E-state index is -5.06. The maximum absolute atomic E-state index is 12.1. The Labute approximate surface area is 123 Å². The van der Waals surface area contributed by atoms with Crippen LogP contribution in [0, 0.1) is 0 Å². The lowest BCUT2D eigenvalue weighted by molar-refractivity contribution is -0.200. The zero-order chi connectivity index (χ0) is 16.3. The number of nitrogens with one attached hydrogen (secondary N) is 1. The van der Waals surface area contributed by atoms with Crippen LogP contribution in [0.1, 0.15) is 12.8 Å². The third-order valence-electron chi connectivity index (χ3n) is 3.27. The molecule has 2 amide bonds. The topological polar surface area (TPSA) is 75.7 Å². The normalized spacial score (nSPS) is 25.1. The quantitative estimate of drug-likeness (QED) is 0.611. The van der Waals surface area contributed by atoms with E-state index < -0.39 is 42.7 Å². The molecule has 0 aromatic heterocycles. The van der Waals surface area contributed by atoms with Crippen molar-refractivity contribution < 1.29 is 32.3 Å². The van der Waals surface area contributed by atoms with Gasteiger partial charge in [-0.15, -0.1) is 0 Å². The fourth-order valence-electron chi connectivity index (χ4n) is 2.24. The molecule has 0 spiro atoms. The molecule has 0 aromatic rings. The number of carbonyl (C=O) groups excluding carboxylic acids is 3. The standard InChI is InChI=1S/C13H13F3N2O4/c14-13(15,16)12(21)22-7-8-3-1-2-6-18(8)9-4-5-10(19)17-11(9)20/h1-3,6,8-9H,4-5,7H2,(H,17,19,20). The summed E-state index contributed by atoms with van der Waals surface area (Å²) in [6, 6.07) is -1.41. The monoisotopic (exact) mass is 318 g/mol. The second-order valence-corrected chi connectivity index (χ2v) is 4.80. The zero-order valence-electron chi connectivity index (χ0n) is 11.3. The van der Waals surface area contributed by atoms with Gasteiger partial charge in [-0.3, -0.25) is 14.9 Å². The van der Waals surface area contributed by atoms with E-state index in [0.29, 0.717) is 0 Å². The molecule has 1 saturated heterocycles. The van der Waals surface area contributed by atoms with Crippen LogP contribution >= 0.6 is 0 Å². The molecule has 0 aromatic carbocycles. The molecule has 2 aliphatic heterocycles. The summed E-state index contributed by atoms with van der Waals surface area (Å²) in [5.74, 6) is -3.19. The van der Waals surface area contributed by atoms with Crippen LogP contribution < -0.4 is 5.32 Å². The van der Waals surface area contributed by atoms with Gasteiger partial charge in [-0.2, -0.15) is 13.2 Å². The average molecular weight is 318 g/mol. The van der Waals surface area contributed by atoms with Crippen LogP contribution in [0.15, 0.2) is 24.4 Å². The summed E-state index contributed by atoms with van der Waals surface area (Å²) in [7, 11) is 0. The number of nitrogens with zero attached hydrogens (tertiary/aromatic N) is 1. The number of carbonyl (C=O) groups is 3. The molecule has 0 bridgehead atoms. The maximum atomic E-state index is 12.1. The minimum absolute atomic E-state index is 0.138. The van der Waals surface area contributed by atoms with Crippen molar-refractivity contribution in [2.45, 2.75) is 31.1 Å². The lowest BCUT2D eigenvalue weighted by atomic mass is 10.0. The Hall–Kier alpha value is -2.32. The first kappa shape index (κ1) is 16.1. The van der Waals surface area contributed by atoms with Crippen LogP contribution in [0.4, 0.5) is 13.2 Å². The Kier molecular flexibility index (Phi) is 4.53. The molecule has 22 heavy (non-hydrogen) atoms. The van der Waals surface area contributed by atoms with Gasteiger partial charge >= 0.3 is 12.1 Å². The zero-order valence-corrected chi connectivity index (χ0v) is 11.3. The highest BCUT2D eigenvalue weighted by atomic mass is 19.4. The number of imide groups is 1. The largest absolute Gasteiger partial charge is 0.490 e. The van der Waals surface area contributed by atoms with Crippen LogP contribution in [-0.4, -0.2) is 47.6 Å². The summed E-state index contributed by atoms with van der Waals surface area (Å²) in [6.07, 6.45) is 1.54. The number of halogens is 3. The minimum Gasteiger partial charge on any atom is -0.456 e. The first-order valence-corrected chi connectivity index (χ1v) is 6.49. The van der Waals surface area contributed by atoms with Crippen LogP contribution in [0.25, 0.3) is 0 Å². The van der Waals surface area contributed by atoms with E-state index >= 15 is 0 Å². The number of rotatable bonds is 3. The number of hydrogen-bond acceptors (Lipinski definition) is 5. The van der Waals surface area contributed by atoms with E-state index in [0.717, 1.165) is 0 Å². The smallest absolute Gasteiger partial charge is 0.456 e. The van der Waals surface area contributed by atoms with Gasteiger partial charge < -0.3 is 9.64 Å². The molecule has 2 aliphatic rings. The highest BCUT2D eigenvalue weighted by molar-refractivity contribution is 6.00. The summed E-state index contributed by atoms with van der Waals surface area (Å²) in [5, 5.41) is 2.17. The highest BCUT2D eigenvalue weighted by Crippen LogP contribution is 2.21. The second-order valence-electron chi connectivity index (χ2n) is 4.80. The number of allylic oxidation sites excluding steroid dienone is 2. The van der Waals surface area contributed by atoms with Crippen LogP contribution in [-0.2, 0) is 19.1 Å². The van der Waals surface area contributed by atoms with Gasteiger partial charge in [0.25, 0.3) is 0 Å². The van der Waals surface area contributed by atoms with E-state index in [2.05, 4.69) is 10.1 Å². The molecule has 2 heterocycles. The predicted octanol–water partition coefficient (Wildman–Crippen LogP) is 0.651. The average Bonchev–Trinajstić information content (AvgIpc) is 2.44. The van der Waals surface area contributed by atoms with Crippen LogP contribution in [0.3, 0.4) is 0 Å². The predicted molar refractivity (Wildman–Crippen MR) is 67.1 cm³/mol. The van der Waals surface area contributed by atoms with Gasteiger partial charge in [-0.1, -0.05) is 12.2 Å². The van der Waals surface area contributed by atoms with E-state index in [4.69, 9.17) is 0 Å². The van der Waals surface area contributed by atoms with Crippen molar-refractivity contribution in [1.29, 1.82) is 0 Å². The summed E-state index contributed by atoms with van der Waals surface area (Å²) < 4.78 is 40.6. The molecule has 6 nitrogen and oxygen atoms in total. The SMILES string of the molecule is O=C1CCC(N2C=CC=CC2COC(=O)C(F)(F)F)C(=O)N1. The van der Waals surface area contributed by atoms with E-state index in [1.165, 1.54) is 17.2 Å². The summed E-state index contributed by atoms with van der Waals surface area (Å²) >= 11 is 0. The Morgan fingerprint density at radius 3 is 2.73 bits per heavy atom. The molecular weight excluding hydrogens is 305 g/mol. The van der Waals surface area contributed by atoms with Gasteiger partial charge in [-0.25, -0.2) is 4.79 Å². The third kappa shape index (κ3) is 3.66. The number of alkyl halides is 3. The summed E-state index contributed by atoms with van der Waals surface area (Å²) in [6.45, 7) is -0.545. The van der Waals surface area contributed by atoms with Crippen molar-refractivity contribution in [2.24, 2.45) is 0 Å². The van der Waals surface area contributed by atoms with Crippen molar-refractivity contribution in [3.05, 3.63) is 24.4 Å². The number of hydrogen-bond donors (Lipinski definition) is 1. The van der Waals surface area contributed by atoms with Gasteiger partial charge in [0, 0.05) is 12.6 Å². The molecule has 2 unspecified atom stereocenters. The molecule has 1 fully saturated rings. The fraction of sp³-hybridized carbons (Fsp3) is 0.462. The molecule has 0 radical (unpaired) electrons. The number of amides is 2. The van der Waals surface area contributed by atoms with E-state index in [1.54, 1.807) is 12.2 Å². The van der Waals surface area contributed by atoms with Gasteiger partial charge in [0.2, 0.25) is 11.8 Å². The second kappa shape index (κ2) is 6.20. The van der Waals surface area contributed by atoms with E-state index in [1.807, 2.05) is 0 Å². The highest BCUT2D eigenvalue weighted by Gasteiger charge is 2.42. The molecule has 9 heteroatoms. The van der Waals surface area contributed by atoms with Crippen molar-refractivity contribution in [3.8, 4) is 0 Å². The molecular formula is C13H13F3N2O4. The van der Waals surface area contributed by atoms with E-state index in [9.17, 15) is 27.6 Å². The van der Waals surface area contributed by atoms with Crippen LogP contribution in [0.5, 0.6) is 0 Å². The Balaban J connectivity index is 2.02. The number of ether oxygens (including phenoxy) is 1. The number of esters is 1. The molecule has 0 aliphatic carbocycles. The van der Waals surface area contributed by atoms with Gasteiger partial charge in [-0.05, 0) is 12.5 Å². The Morgan fingerprint density at radius 2 is 2.09 bits per heavy atom. The molecule has 120 valence electrons. The van der Waals surface area contributed by atoms with Crippen molar-refractivity contribution in [3.63, 3.8) is 0 Å². The van der Waals surface area contributed by atoms with Gasteiger partial charge in [0.05, 0.1) is 6.04 Å². The lowest BCUT2D eigenvalue weighted by Crippen LogP contribution is -2.54. The molecule has 1 N–H and O–H groups in total. The molecule has 0 saturated carbocycles. The number of piperidine rings is 1. The van der Waals surface area contributed by atoms with E-state index in [-0.39, 0.29) is 12.8 Å². The van der Waals surface area contributed by atoms with Crippen molar-refractivity contribution in [1.82, 2.24) is 10.2 Å². The van der Waals surface area contributed by atoms with Crippen molar-refractivity contribution >= 4 is 17.8 Å². The first-order valence-electron chi connectivity index (χ1n) is 6.49. The first-order chi connectivity index (χ1) is 10.3. The van der Waals surface area contributed by atoms with Crippen LogP contribution in [0.2, 0.25) is 0 Å². The fourth-order valence-corrected chi connectivity index (χ4v) is 2.24. The molecule has 2 atom stereocenters. The van der Waals surface area contributed by atoms with Crippen molar-refractivity contribution in [2.75, 3.05) is 6.61 Å². The third-order valence-corrected chi connectivity index (χ3v) is 3.27. The summed E-state index contributed by atoms with van der Waals surface area (Å²) in [4.78, 5) is 35.2. The Bertz CT molecular complexity index is 542. The lowest BCUT2D eigenvalue weighted by Gasteiger charge is -2.37. The maximum Gasteiger partial charge on any atom is 0.490 e.